The summed E-state index contributed by atoms with van der Waals surface area (Å²) in [6.45, 7) is 1.63. The van der Waals surface area contributed by atoms with Gasteiger partial charge in [-0.3, -0.25) is 0 Å². The van der Waals surface area contributed by atoms with Crippen LogP contribution >= 0.6 is 23.2 Å². The molecule has 7 heteroatoms. The molecule has 122 valence electrons. The standard InChI is InChI=1S/C16H15Cl2FN2O2/c1-9(15(22)10-2-5-12(19)6-3-10)20-16(23)21-14-8-11(17)4-7-13(14)18/h2-9,15,22H,1H3,(H2,20,21,23). The van der Waals surface area contributed by atoms with Crippen LogP contribution in [-0.4, -0.2) is 17.2 Å². The van der Waals surface area contributed by atoms with Crippen molar-refractivity contribution in [3.05, 3.63) is 63.9 Å². The fourth-order valence-corrected chi connectivity index (χ4v) is 2.32. The lowest BCUT2D eigenvalue weighted by Gasteiger charge is -2.21. The Morgan fingerprint density at radius 2 is 1.83 bits per heavy atom. The Morgan fingerprint density at radius 1 is 1.17 bits per heavy atom. The molecule has 23 heavy (non-hydrogen) atoms. The van der Waals surface area contributed by atoms with Crippen LogP contribution in [0.2, 0.25) is 10.0 Å². The summed E-state index contributed by atoms with van der Waals surface area (Å²) in [5.74, 6) is -0.394. The van der Waals surface area contributed by atoms with E-state index in [1.165, 1.54) is 30.3 Å². The van der Waals surface area contributed by atoms with E-state index in [0.717, 1.165) is 0 Å². The van der Waals surface area contributed by atoms with E-state index in [4.69, 9.17) is 23.2 Å². The van der Waals surface area contributed by atoms with Crippen LogP contribution < -0.4 is 10.6 Å². The molecular formula is C16H15Cl2FN2O2. The lowest BCUT2D eigenvalue weighted by atomic mass is 10.0. The van der Waals surface area contributed by atoms with Gasteiger partial charge in [-0.15, -0.1) is 0 Å². The molecule has 4 nitrogen and oxygen atoms in total. The summed E-state index contributed by atoms with van der Waals surface area (Å²) in [6, 6.07) is 8.97. The predicted octanol–water partition coefficient (Wildman–Crippen LogP) is 4.38. The lowest BCUT2D eigenvalue weighted by molar-refractivity contribution is 0.139. The fourth-order valence-electron chi connectivity index (χ4n) is 1.99. The number of carbonyl (C=O) groups excluding carboxylic acids is 1. The summed E-state index contributed by atoms with van der Waals surface area (Å²) < 4.78 is 12.9. The first-order chi connectivity index (χ1) is 10.9. The number of carbonyl (C=O) groups is 1. The zero-order valence-electron chi connectivity index (χ0n) is 12.2. The van der Waals surface area contributed by atoms with Gasteiger partial charge in [0.15, 0.2) is 0 Å². The van der Waals surface area contributed by atoms with Gasteiger partial charge in [-0.25, -0.2) is 9.18 Å². The quantitative estimate of drug-likeness (QED) is 0.761. The van der Waals surface area contributed by atoms with Crippen molar-refractivity contribution in [3.8, 4) is 0 Å². The van der Waals surface area contributed by atoms with Gasteiger partial charge in [0.25, 0.3) is 0 Å². The molecule has 0 saturated carbocycles. The highest BCUT2D eigenvalue weighted by Gasteiger charge is 2.19. The molecule has 0 aromatic heterocycles. The number of hydrogen-bond donors (Lipinski definition) is 3. The largest absolute Gasteiger partial charge is 0.386 e. The Bertz CT molecular complexity index is 695. The molecule has 0 fully saturated rings. The number of nitrogens with one attached hydrogen (secondary N) is 2. The molecule has 0 radical (unpaired) electrons. The number of benzene rings is 2. The van der Waals surface area contributed by atoms with E-state index in [-0.39, 0.29) is 0 Å². The van der Waals surface area contributed by atoms with E-state index in [0.29, 0.717) is 21.3 Å². The summed E-state index contributed by atoms with van der Waals surface area (Å²) in [5, 5.41) is 16.1. The summed E-state index contributed by atoms with van der Waals surface area (Å²) in [6.07, 6.45) is -0.976. The molecule has 2 atom stereocenters. The van der Waals surface area contributed by atoms with Crippen LogP contribution in [0.3, 0.4) is 0 Å². The molecule has 2 aromatic rings. The van der Waals surface area contributed by atoms with Gasteiger partial charge < -0.3 is 15.7 Å². The Labute approximate surface area is 143 Å². The number of anilines is 1. The van der Waals surface area contributed by atoms with E-state index < -0.39 is 24.0 Å². The highest BCUT2D eigenvalue weighted by atomic mass is 35.5. The molecule has 0 heterocycles. The third-order valence-corrected chi connectivity index (χ3v) is 3.79. The molecule has 0 aliphatic heterocycles. The van der Waals surface area contributed by atoms with Crippen LogP contribution in [-0.2, 0) is 0 Å². The van der Waals surface area contributed by atoms with Crippen LogP contribution in [0.4, 0.5) is 14.9 Å². The zero-order valence-corrected chi connectivity index (χ0v) is 13.7. The third-order valence-electron chi connectivity index (χ3n) is 3.22. The summed E-state index contributed by atoms with van der Waals surface area (Å²) in [7, 11) is 0. The summed E-state index contributed by atoms with van der Waals surface area (Å²) in [4.78, 5) is 12.0. The first-order valence-electron chi connectivity index (χ1n) is 6.83. The van der Waals surface area contributed by atoms with E-state index in [2.05, 4.69) is 10.6 Å². The summed E-state index contributed by atoms with van der Waals surface area (Å²) in [5.41, 5.74) is 0.861. The van der Waals surface area contributed by atoms with Gasteiger partial charge in [-0.1, -0.05) is 35.3 Å². The molecule has 2 aromatic carbocycles. The van der Waals surface area contributed by atoms with Crippen LogP contribution in [0.1, 0.15) is 18.6 Å². The van der Waals surface area contributed by atoms with Crippen molar-refractivity contribution >= 4 is 34.9 Å². The van der Waals surface area contributed by atoms with Crippen molar-refractivity contribution in [1.82, 2.24) is 5.32 Å². The molecule has 0 saturated heterocycles. The Kier molecular flexibility index (Phi) is 5.82. The third kappa shape index (κ3) is 4.82. The second-order valence-corrected chi connectivity index (χ2v) is 5.85. The van der Waals surface area contributed by atoms with Gasteiger partial charge in [-0.05, 0) is 42.8 Å². The van der Waals surface area contributed by atoms with Gasteiger partial charge in [0, 0.05) is 5.02 Å². The Hall–Kier alpha value is -1.82. The van der Waals surface area contributed by atoms with Crippen molar-refractivity contribution in [2.24, 2.45) is 0 Å². The van der Waals surface area contributed by atoms with Gasteiger partial charge in [0.05, 0.1) is 22.9 Å². The van der Waals surface area contributed by atoms with E-state index in [9.17, 15) is 14.3 Å². The minimum absolute atomic E-state index is 0.344. The van der Waals surface area contributed by atoms with Crippen LogP contribution in [0.25, 0.3) is 0 Å². The molecule has 2 rings (SSSR count). The van der Waals surface area contributed by atoms with Gasteiger partial charge in [0.2, 0.25) is 0 Å². The molecular weight excluding hydrogens is 342 g/mol. The summed E-state index contributed by atoms with van der Waals surface area (Å²) >= 11 is 11.8. The second kappa shape index (κ2) is 7.64. The molecule has 0 aliphatic carbocycles. The second-order valence-electron chi connectivity index (χ2n) is 5.01. The number of halogens is 3. The van der Waals surface area contributed by atoms with E-state index in [1.807, 2.05) is 0 Å². The smallest absolute Gasteiger partial charge is 0.319 e. The Balaban J connectivity index is 1.99. The normalized spacial score (nSPS) is 13.3. The number of hydrogen-bond acceptors (Lipinski definition) is 2. The Morgan fingerprint density at radius 3 is 2.48 bits per heavy atom. The van der Waals surface area contributed by atoms with Gasteiger partial charge in [-0.2, -0.15) is 0 Å². The molecule has 0 aliphatic rings. The number of amides is 2. The highest BCUT2D eigenvalue weighted by Crippen LogP contribution is 2.25. The molecule has 0 spiro atoms. The topological polar surface area (TPSA) is 61.4 Å². The minimum atomic E-state index is -0.976. The number of aliphatic hydroxyl groups is 1. The van der Waals surface area contributed by atoms with Crippen LogP contribution in [0.15, 0.2) is 42.5 Å². The average molecular weight is 357 g/mol. The van der Waals surface area contributed by atoms with Crippen molar-refractivity contribution < 1.29 is 14.3 Å². The molecule has 2 unspecified atom stereocenters. The molecule has 0 bridgehead atoms. The molecule has 3 N–H and O–H groups in total. The number of rotatable bonds is 4. The maximum absolute atomic E-state index is 12.9. The first-order valence-corrected chi connectivity index (χ1v) is 7.58. The average Bonchev–Trinajstić information content (AvgIpc) is 2.51. The monoisotopic (exact) mass is 356 g/mol. The highest BCUT2D eigenvalue weighted by molar-refractivity contribution is 6.35. The first kappa shape index (κ1) is 17.5. The minimum Gasteiger partial charge on any atom is -0.386 e. The maximum Gasteiger partial charge on any atom is 0.319 e. The van der Waals surface area contributed by atoms with Crippen molar-refractivity contribution in [2.75, 3.05) is 5.32 Å². The van der Waals surface area contributed by atoms with Crippen molar-refractivity contribution in [3.63, 3.8) is 0 Å². The SMILES string of the molecule is CC(NC(=O)Nc1cc(Cl)ccc1Cl)C(O)c1ccc(F)cc1. The zero-order chi connectivity index (χ0) is 17.0. The number of aliphatic hydroxyl groups excluding tert-OH is 1. The predicted molar refractivity (Wildman–Crippen MR) is 89.4 cm³/mol. The van der Waals surface area contributed by atoms with Crippen LogP contribution in [0.5, 0.6) is 0 Å². The van der Waals surface area contributed by atoms with Crippen LogP contribution in [0, 0.1) is 5.82 Å². The molecule has 2 amide bonds. The van der Waals surface area contributed by atoms with E-state index in [1.54, 1.807) is 19.1 Å². The number of urea groups is 1. The van der Waals surface area contributed by atoms with E-state index >= 15 is 0 Å². The maximum atomic E-state index is 12.9. The van der Waals surface area contributed by atoms with Gasteiger partial charge >= 0.3 is 6.03 Å². The van der Waals surface area contributed by atoms with Gasteiger partial charge in [0.1, 0.15) is 5.82 Å². The fraction of sp³-hybridized carbons (Fsp3) is 0.188. The van der Waals surface area contributed by atoms with Crippen molar-refractivity contribution in [2.45, 2.75) is 19.1 Å². The van der Waals surface area contributed by atoms with Crippen molar-refractivity contribution in [1.29, 1.82) is 0 Å². The lowest BCUT2D eigenvalue weighted by Crippen LogP contribution is -2.39.